The van der Waals surface area contributed by atoms with E-state index in [1.807, 2.05) is 12.1 Å². The maximum absolute atomic E-state index is 5.81. The quantitative estimate of drug-likeness (QED) is 0.301. The van der Waals surface area contributed by atoms with E-state index >= 15 is 0 Å². The number of thiophene rings is 2. The molecule has 164 valence electrons. The molecule has 4 aromatic rings. The normalized spacial score (nSPS) is 14.4. The first-order valence-electron chi connectivity index (χ1n) is 10.4. The molecule has 4 nitrogen and oxygen atoms in total. The number of hydrogen-bond donors (Lipinski definition) is 0. The van der Waals surface area contributed by atoms with E-state index in [0.717, 1.165) is 51.0 Å². The Morgan fingerprint density at radius 3 is 1.97 bits per heavy atom. The molecule has 7 heteroatoms. The maximum Gasteiger partial charge on any atom is 0.120 e. The van der Waals surface area contributed by atoms with Crippen LogP contribution in [0.25, 0.3) is 20.2 Å². The van der Waals surface area contributed by atoms with Crippen LogP contribution in [0.1, 0.15) is 0 Å². The molecule has 1 saturated heterocycles. The van der Waals surface area contributed by atoms with Crippen LogP contribution in [0, 0.1) is 0 Å². The van der Waals surface area contributed by atoms with E-state index in [-0.39, 0.29) is 0 Å². The lowest BCUT2D eigenvalue weighted by Gasteiger charge is -2.26. The van der Waals surface area contributed by atoms with Crippen molar-refractivity contribution in [3.63, 3.8) is 0 Å². The molecule has 0 spiro atoms. The van der Waals surface area contributed by atoms with Crippen LogP contribution in [0.5, 0.6) is 11.5 Å². The highest BCUT2D eigenvalue weighted by Crippen LogP contribution is 2.26. The summed E-state index contributed by atoms with van der Waals surface area (Å²) in [7, 11) is 0. The zero-order valence-corrected chi connectivity index (χ0v) is 19.7. The van der Waals surface area contributed by atoms with E-state index in [1.54, 1.807) is 22.7 Å². The summed E-state index contributed by atoms with van der Waals surface area (Å²) >= 11 is 9.03. The molecule has 0 unspecified atom stereocenters. The number of nitrogens with zero attached hydrogens (tertiary/aromatic N) is 1. The molecule has 1 aliphatic heterocycles. The van der Waals surface area contributed by atoms with Crippen molar-refractivity contribution in [2.45, 2.75) is 0 Å². The lowest BCUT2D eigenvalue weighted by molar-refractivity contribution is 0.0322. The van der Waals surface area contributed by atoms with E-state index in [2.05, 4.69) is 52.1 Å². The fourth-order valence-corrected chi connectivity index (χ4v) is 4.96. The van der Waals surface area contributed by atoms with Gasteiger partial charge in [-0.15, -0.1) is 34.3 Å². The van der Waals surface area contributed by atoms with Crippen molar-refractivity contribution in [3.05, 3.63) is 59.3 Å². The van der Waals surface area contributed by atoms with Gasteiger partial charge in [0.15, 0.2) is 0 Å². The Labute approximate surface area is 195 Å². The summed E-state index contributed by atoms with van der Waals surface area (Å²) in [6.45, 7) is 6.03. The van der Waals surface area contributed by atoms with Crippen LogP contribution in [-0.2, 0) is 4.74 Å². The Balaban J connectivity index is 0.000000158. The molecule has 0 saturated carbocycles. The summed E-state index contributed by atoms with van der Waals surface area (Å²) < 4.78 is 19.1. The van der Waals surface area contributed by atoms with Gasteiger partial charge in [0.2, 0.25) is 0 Å². The zero-order valence-electron chi connectivity index (χ0n) is 17.3. The largest absolute Gasteiger partial charge is 0.492 e. The van der Waals surface area contributed by atoms with Gasteiger partial charge in [-0.3, -0.25) is 4.90 Å². The second-order valence-electron chi connectivity index (χ2n) is 7.08. The standard InChI is InChI=1S/C14H17NO2S.C10H9ClOS/c1-2-14-12(3-10-18-14)11-13(1)17-9-6-15-4-7-16-8-5-15;11-4-5-12-9-1-2-10-8(7-9)3-6-13-10/h1-3,10-11H,4-9H2;1-3,6-7H,4-5H2. The summed E-state index contributed by atoms with van der Waals surface area (Å²) in [6.07, 6.45) is 0. The van der Waals surface area contributed by atoms with Crippen LogP contribution in [0.15, 0.2) is 59.3 Å². The fraction of sp³-hybridized carbons (Fsp3) is 0.333. The monoisotopic (exact) mass is 475 g/mol. The molecule has 2 aromatic carbocycles. The van der Waals surface area contributed by atoms with Crippen molar-refractivity contribution in [1.29, 1.82) is 0 Å². The highest BCUT2D eigenvalue weighted by molar-refractivity contribution is 7.17. The molecule has 31 heavy (non-hydrogen) atoms. The molecule has 2 aromatic heterocycles. The Morgan fingerprint density at radius 2 is 1.39 bits per heavy atom. The van der Waals surface area contributed by atoms with Gasteiger partial charge in [0, 0.05) is 29.0 Å². The third kappa shape index (κ3) is 6.57. The molecular weight excluding hydrogens is 450 g/mol. The fourth-order valence-electron chi connectivity index (χ4n) is 3.34. The minimum Gasteiger partial charge on any atom is -0.492 e. The van der Waals surface area contributed by atoms with Crippen molar-refractivity contribution in [3.8, 4) is 11.5 Å². The molecule has 5 rings (SSSR count). The Kier molecular flexibility index (Phi) is 8.44. The summed E-state index contributed by atoms with van der Waals surface area (Å²) in [5.74, 6) is 2.39. The van der Waals surface area contributed by atoms with Crippen molar-refractivity contribution >= 4 is 54.4 Å². The lowest BCUT2D eigenvalue weighted by atomic mass is 10.2. The summed E-state index contributed by atoms with van der Waals surface area (Å²) in [5.41, 5.74) is 0. The van der Waals surface area contributed by atoms with E-state index in [0.29, 0.717) is 12.5 Å². The predicted molar refractivity (Wildman–Crippen MR) is 133 cm³/mol. The number of halogens is 1. The van der Waals surface area contributed by atoms with E-state index < -0.39 is 0 Å². The van der Waals surface area contributed by atoms with Gasteiger partial charge in [-0.2, -0.15) is 0 Å². The average molecular weight is 476 g/mol. The second kappa shape index (κ2) is 11.7. The first-order chi connectivity index (χ1) is 15.3. The second-order valence-corrected chi connectivity index (χ2v) is 9.35. The molecule has 0 aliphatic carbocycles. The van der Waals surface area contributed by atoms with Crippen LogP contribution in [0.2, 0.25) is 0 Å². The van der Waals surface area contributed by atoms with Crippen molar-refractivity contribution in [1.82, 2.24) is 4.90 Å². The van der Waals surface area contributed by atoms with Gasteiger partial charge < -0.3 is 14.2 Å². The van der Waals surface area contributed by atoms with E-state index in [4.69, 9.17) is 25.8 Å². The van der Waals surface area contributed by atoms with Crippen molar-refractivity contribution < 1.29 is 14.2 Å². The first-order valence-corrected chi connectivity index (χ1v) is 12.7. The van der Waals surface area contributed by atoms with Crippen molar-refractivity contribution in [2.24, 2.45) is 0 Å². The van der Waals surface area contributed by atoms with E-state index in [1.165, 1.54) is 20.2 Å². The average Bonchev–Trinajstić information content (AvgIpc) is 3.47. The molecule has 1 fully saturated rings. The van der Waals surface area contributed by atoms with Gasteiger partial charge in [-0.1, -0.05) is 0 Å². The number of hydrogen-bond acceptors (Lipinski definition) is 6. The summed E-state index contributed by atoms with van der Waals surface area (Å²) in [6, 6.07) is 16.6. The third-order valence-corrected chi connectivity index (χ3v) is 6.92. The van der Waals surface area contributed by atoms with Crippen molar-refractivity contribution in [2.75, 3.05) is 51.9 Å². The van der Waals surface area contributed by atoms with Crippen LogP contribution in [-0.4, -0.2) is 56.8 Å². The molecule has 3 heterocycles. The Morgan fingerprint density at radius 1 is 0.806 bits per heavy atom. The van der Waals surface area contributed by atoms with Crippen LogP contribution in [0.3, 0.4) is 0 Å². The van der Waals surface area contributed by atoms with Gasteiger partial charge in [-0.05, 0) is 70.1 Å². The SMILES string of the molecule is ClCCOc1ccc2sccc2c1.c1cc2cc(OCCN3CCOCC3)ccc2s1. The molecule has 0 N–H and O–H groups in total. The summed E-state index contributed by atoms with van der Waals surface area (Å²) in [4.78, 5) is 2.38. The molecular formula is C24H26ClNO3S2. The topological polar surface area (TPSA) is 30.9 Å². The highest BCUT2D eigenvalue weighted by Gasteiger charge is 2.09. The number of fused-ring (bicyclic) bond motifs is 2. The molecule has 1 aliphatic rings. The molecule has 0 amide bonds. The minimum atomic E-state index is 0.529. The van der Waals surface area contributed by atoms with Gasteiger partial charge in [0.05, 0.1) is 19.1 Å². The predicted octanol–water partition coefficient (Wildman–Crippen LogP) is 6.13. The number of ether oxygens (including phenoxy) is 3. The lowest BCUT2D eigenvalue weighted by Crippen LogP contribution is -2.38. The van der Waals surface area contributed by atoms with Crippen LogP contribution >= 0.6 is 34.3 Å². The molecule has 0 atom stereocenters. The Hall–Kier alpha value is -1.83. The first kappa shape index (κ1) is 22.4. The van der Waals surface area contributed by atoms with Crippen LogP contribution in [0.4, 0.5) is 0 Å². The smallest absolute Gasteiger partial charge is 0.120 e. The summed E-state index contributed by atoms with van der Waals surface area (Å²) in [5, 5.41) is 6.69. The number of benzene rings is 2. The van der Waals surface area contributed by atoms with E-state index in [9.17, 15) is 0 Å². The maximum atomic E-state index is 5.81. The van der Waals surface area contributed by atoms with Gasteiger partial charge in [0.25, 0.3) is 0 Å². The van der Waals surface area contributed by atoms with Gasteiger partial charge >= 0.3 is 0 Å². The Bertz CT molecular complexity index is 1070. The number of morpholine rings is 1. The molecule has 0 bridgehead atoms. The molecule has 0 radical (unpaired) electrons. The number of rotatable bonds is 7. The van der Waals surface area contributed by atoms with Gasteiger partial charge in [0.1, 0.15) is 24.7 Å². The zero-order chi connectivity index (χ0) is 21.3. The minimum absolute atomic E-state index is 0.529. The third-order valence-electron chi connectivity index (χ3n) is 4.97. The highest BCUT2D eigenvalue weighted by atomic mass is 35.5. The van der Waals surface area contributed by atoms with Gasteiger partial charge in [-0.25, -0.2) is 0 Å². The van der Waals surface area contributed by atoms with Crippen LogP contribution < -0.4 is 9.47 Å². The number of alkyl halides is 1.